The molecule has 2 rings (SSSR count). The normalized spacial score (nSPS) is 12.0. The van der Waals surface area contributed by atoms with E-state index in [2.05, 4.69) is 4.98 Å². The van der Waals surface area contributed by atoms with Crippen molar-refractivity contribution >= 4 is 17.5 Å². The van der Waals surface area contributed by atoms with Crippen molar-refractivity contribution in [2.24, 2.45) is 5.73 Å². The minimum absolute atomic E-state index is 0.126. The molecular weight excluding hydrogens is 298 g/mol. The molecule has 0 aliphatic heterocycles. The maximum Gasteiger partial charge on any atom is 0.244 e. The molecule has 22 heavy (non-hydrogen) atoms. The molecule has 0 radical (unpaired) electrons. The molecule has 2 aromatic rings. The maximum atomic E-state index is 12.7. The van der Waals surface area contributed by atoms with Gasteiger partial charge in [0.2, 0.25) is 5.91 Å². The Morgan fingerprint density at radius 3 is 2.73 bits per heavy atom. The maximum absolute atomic E-state index is 12.7. The molecule has 1 aromatic heterocycles. The number of nitrogens with zero attached hydrogens (tertiary/aromatic N) is 2. The van der Waals surface area contributed by atoms with Gasteiger partial charge in [0.15, 0.2) is 0 Å². The number of halogens is 1. The molecule has 0 saturated carbocycles. The van der Waals surface area contributed by atoms with Crippen LogP contribution in [0, 0.1) is 0 Å². The lowest BCUT2D eigenvalue weighted by Gasteiger charge is -2.26. The van der Waals surface area contributed by atoms with Gasteiger partial charge in [-0.25, -0.2) is 0 Å². The Hall–Kier alpha value is -1.91. The molecule has 0 aliphatic carbocycles. The minimum atomic E-state index is -0.753. The Morgan fingerprint density at radius 1 is 1.32 bits per heavy atom. The molecule has 2 N–H and O–H groups in total. The van der Waals surface area contributed by atoms with Crippen LogP contribution in [0.2, 0.25) is 5.02 Å². The first-order chi connectivity index (χ1) is 10.6. The first kappa shape index (κ1) is 16.5. The first-order valence-corrected chi connectivity index (χ1v) is 7.69. The van der Waals surface area contributed by atoms with E-state index >= 15 is 0 Å². The zero-order valence-electron chi connectivity index (χ0n) is 12.6. The molecule has 0 spiro atoms. The summed E-state index contributed by atoms with van der Waals surface area (Å²) in [6.45, 7) is 3.18. The fourth-order valence-corrected chi connectivity index (χ4v) is 2.56. The van der Waals surface area contributed by atoms with Crippen LogP contribution in [0.3, 0.4) is 0 Å². The van der Waals surface area contributed by atoms with Crippen LogP contribution in [0.25, 0.3) is 0 Å². The van der Waals surface area contributed by atoms with E-state index in [1.165, 1.54) is 0 Å². The van der Waals surface area contributed by atoms with E-state index in [1.54, 1.807) is 29.4 Å². The molecule has 0 saturated heterocycles. The topological polar surface area (TPSA) is 59.2 Å². The van der Waals surface area contributed by atoms with E-state index in [-0.39, 0.29) is 5.91 Å². The number of amides is 1. The van der Waals surface area contributed by atoms with Crippen molar-refractivity contribution in [3.05, 3.63) is 64.9 Å². The van der Waals surface area contributed by atoms with Gasteiger partial charge in [0.05, 0.1) is 0 Å². The second-order valence-corrected chi connectivity index (χ2v) is 5.53. The molecule has 116 valence electrons. The van der Waals surface area contributed by atoms with E-state index in [9.17, 15) is 4.79 Å². The Bertz CT molecular complexity index is 618. The number of aromatic nitrogens is 1. The lowest BCUT2D eigenvalue weighted by atomic mass is 10.1. The molecule has 0 unspecified atom stereocenters. The molecule has 1 aromatic carbocycles. The zero-order valence-corrected chi connectivity index (χ0v) is 13.3. The summed E-state index contributed by atoms with van der Waals surface area (Å²) in [6.07, 6.45) is 4.34. The summed E-state index contributed by atoms with van der Waals surface area (Å²) < 4.78 is 0. The van der Waals surface area contributed by atoms with Crippen LogP contribution < -0.4 is 5.73 Å². The molecule has 1 heterocycles. The van der Waals surface area contributed by atoms with Crippen molar-refractivity contribution < 1.29 is 4.79 Å². The predicted molar refractivity (Wildman–Crippen MR) is 88.3 cm³/mol. The van der Waals surface area contributed by atoms with Crippen molar-refractivity contribution in [3.63, 3.8) is 0 Å². The molecule has 0 aliphatic rings. The second-order valence-electron chi connectivity index (χ2n) is 5.12. The Labute approximate surface area is 135 Å². The second kappa shape index (κ2) is 7.92. The van der Waals surface area contributed by atoms with Crippen molar-refractivity contribution in [3.8, 4) is 0 Å². The minimum Gasteiger partial charge on any atom is -0.337 e. The van der Waals surface area contributed by atoms with Crippen molar-refractivity contribution in [2.75, 3.05) is 6.54 Å². The van der Waals surface area contributed by atoms with Crippen LogP contribution in [0.15, 0.2) is 48.8 Å². The summed E-state index contributed by atoms with van der Waals surface area (Å²) in [5.74, 6) is -0.126. The number of nitrogens with two attached hydrogens (primary N) is 1. The first-order valence-electron chi connectivity index (χ1n) is 7.31. The largest absolute Gasteiger partial charge is 0.337 e. The summed E-state index contributed by atoms with van der Waals surface area (Å²) in [5, 5.41) is 0.515. The third-order valence-electron chi connectivity index (χ3n) is 3.41. The molecule has 4 nitrogen and oxygen atoms in total. The lowest BCUT2D eigenvalue weighted by molar-refractivity contribution is -0.133. The third-order valence-corrected chi connectivity index (χ3v) is 3.75. The number of benzene rings is 1. The molecule has 0 bridgehead atoms. The van der Waals surface area contributed by atoms with Gasteiger partial charge in [-0.1, -0.05) is 42.8 Å². The van der Waals surface area contributed by atoms with Gasteiger partial charge in [-0.05, 0) is 29.7 Å². The van der Waals surface area contributed by atoms with Crippen molar-refractivity contribution in [1.29, 1.82) is 0 Å². The van der Waals surface area contributed by atoms with Crippen LogP contribution in [0.4, 0.5) is 0 Å². The van der Waals surface area contributed by atoms with E-state index < -0.39 is 6.04 Å². The van der Waals surface area contributed by atoms with Gasteiger partial charge in [-0.3, -0.25) is 9.78 Å². The number of rotatable bonds is 6. The monoisotopic (exact) mass is 317 g/mol. The Kier molecular flexibility index (Phi) is 5.92. The van der Waals surface area contributed by atoms with E-state index in [4.69, 9.17) is 17.3 Å². The molecular formula is C17H20ClN3O. The highest BCUT2D eigenvalue weighted by molar-refractivity contribution is 6.31. The number of carbonyl (C=O) groups excluding carboxylic acids is 1. The van der Waals surface area contributed by atoms with Gasteiger partial charge in [-0.15, -0.1) is 0 Å². The fourth-order valence-electron chi connectivity index (χ4n) is 2.31. The van der Waals surface area contributed by atoms with Crippen LogP contribution in [-0.4, -0.2) is 22.3 Å². The van der Waals surface area contributed by atoms with Gasteiger partial charge in [0.1, 0.15) is 6.04 Å². The third kappa shape index (κ3) is 4.06. The highest BCUT2D eigenvalue weighted by Crippen LogP contribution is 2.23. The van der Waals surface area contributed by atoms with Gasteiger partial charge in [0.25, 0.3) is 0 Å². The van der Waals surface area contributed by atoms with Crippen LogP contribution in [-0.2, 0) is 11.3 Å². The molecule has 5 heteroatoms. The SMILES string of the molecule is CCCN(Cc1cccnc1)C(=O)[C@@H](N)c1ccccc1Cl. The van der Waals surface area contributed by atoms with Crippen LogP contribution in [0.1, 0.15) is 30.5 Å². The van der Waals surface area contributed by atoms with Gasteiger partial charge in [0, 0.05) is 30.5 Å². The molecule has 0 fully saturated rings. The predicted octanol–water partition coefficient (Wildman–Crippen LogP) is 3.17. The van der Waals surface area contributed by atoms with E-state index in [0.29, 0.717) is 23.7 Å². The van der Waals surface area contributed by atoms with Gasteiger partial charge < -0.3 is 10.6 Å². The van der Waals surface area contributed by atoms with Crippen LogP contribution >= 0.6 is 11.6 Å². The van der Waals surface area contributed by atoms with Crippen LogP contribution in [0.5, 0.6) is 0 Å². The Balaban J connectivity index is 2.17. The summed E-state index contributed by atoms with van der Waals surface area (Å²) in [4.78, 5) is 18.6. The highest BCUT2D eigenvalue weighted by Gasteiger charge is 2.23. The quantitative estimate of drug-likeness (QED) is 0.890. The zero-order chi connectivity index (χ0) is 15.9. The van der Waals surface area contributed by atoms with Gasteiger partial charge in [-0.2, -0.15) is 0 Å². The smallest absolute Gasteiger partial charge is 0.244 e. The number of pyridine rings is 1. The Morgan fingerprint density at radius 2 is 2.09 bits per heavy atom. The van der Waals surface area contributed by atoms with Crippen molar-refractivity contribution in [2.45, 2.75) is 25.9 Å². The van der Waals surface area contributed by atoms with Gasteiger partial charge >= 0.3 is 0 Å². The summed E-state index contributed by atoms with van der Waals surface area (Å²) in [7, 11) is 0. The summed E-state index contributed by atoms with van der Waals surface area (Å²) in [6, 6.07) is 10.2. The number of hydrogen-bond donors (Lipinski definition) is 1. The number of hydrogen-bond acceptors (Lipinski definition) is 3. The fraction of sp³-hybridized carbons (Fsp3) is 0.294. The highest BCUT2D eigenvalue weighted by atomic mass is 35.5. The average molecular weight is 318 g/mol. The average Bonchev–Trinajstić information content (AvgIpc) is 2.54. The summed E-state index contributed by atoms with van der Waals surface area (Å²) in [5.41, 5.74) is 7.77. The van der Waals surface area contributed by atoms with E-state index in [1.807, 2.05) is 31.2 Å². The lowest BCUT2D eigenvalue weighted by Crippen LogP contribution is -2.38. The molecule has 1 amide bonds. The number of carbonyl (C=O) groups is 1. The molecule has 1 atom stereocenters. The summed E-state index contributed by atoms with van der Waals surface area (Å²) >= 11 is 6.14. The van der Waals surface area contributed by atoms with Crippen molar-refractivity contribution in [1.82, 2.24) is 9.88 Å². The standard InChI is InChI=1S/C17H20ClN3O/c1-2-10-21(12-13-6-5-9-20-11-13)17(22)16(19)14-7-3-4-8-15(14)18/h3-9,11,16H,2,10,12,19H2,1H3/t16-/m0/s1. The van der Waals surface area contributed by atoms with E-state index in [0.717, 1.165) is 12.0 Å².